The average Bonchev–Trinajstić information content (AvgIpc) is 3.05. The zero-order valence-electron chi connectivity index (χ0n) is 15.1. The topological polar surface area (TPSA) is 58.1 Å². The molecular weight excluding hydrogens is 340 g/mol. The van der Waals surface area contributed by atoms with Crippen molar-refractivity contribution in [3.05, 3.63) is 23.2 Å². The van der Waals surface area contributed by atoms with Crippen LogP contribution in [0, 0.1) is 5.41 Å². The summed E-state index contributed by atoms with van der Waals surface area (Å²) in [5.41, 5.74) is 1.26. The first-order valence-electron chi connectivity index (χ1n) is 8.66. The van der Waals surface area contributed by atoms with E-state index in [1.54, 1.807) is 7.11 Å². The quantitative estimate of drug-likeness (QED) is 0.617. The highest BCUT2D eigenvalue weighted by Gasteiger charge is 2.33. The van der Waals surface area contributed by atoms with Gasteiger partial charge < -0.3 is 25.0 Å². The Morgan fingerprint density at radius 2 is 2.28 bits per heavy atom. The summed E-state index contributed by atoms with van der Waals surface area (Å²) >= 11 is 6.16. The van der Waals surface area contributed by atoms with Crippen LogP contribution in [0.2, 0.25) is 5.02 Å². The molecule has 0 amide bonds. The highest BCUT2D eigenvalue weighted by molar-refractivity contribution is 6.30. The lowest BCUT2D eigenvalue weighted by Crippen LogP contribution is -2.52. The smallest absolute Gasteiger partial charge is 0.191 e. The first-order valence-corrected chi connectivity index (χ1v) is 9.04. The highest BCUT2D eigenvalue weighted by atomic mass is 35.5. The molecule has 0 bridgehead atoms. The van der Waals surface area contributed by atoms with E-state index >= 15 is 0 Å². The molecule has 2 aliphatic rings. The fourth-order valence-corrected chi connectivity index (χ4v) is 3.41. The number of benzene rings is 1. The first kappa shape index (κ1) is 18.1. The molecular formula is C18H27ClN4O2. The van der Waals surface area contributed by atoms with Gasteiger partial charge in [-0.1, -0.05) is 18.5 Å². The Hall–Kier alpha value is -1.66. The molecule has 0 aliphatic carbocycles. The maximum absolute atomic E-state index is 6.16. The van der Waals surface area contributed by atoms with E-state index < -0.39 is 0 Å². The number of anilines is 1. The Morgan fingerprint density at radius 1 is 1.48 bits per heavy atom. The Labute approximate surface area is 154 Å². The van der Waals surface area contributed by atoms with Crippen LogP contribution in [-0.4, -0.2) is 59.0 Å². The number of halogens is 1. The molecule has 1 atom stereocenters. The summed E-state index contributed by atoms with van der Waals surface area (Å²) < 4.78 is 10.8. The van der Waals surface area contributed by atoms with Crippen LogP contribution in [0.15, 0.2) is 23.2 Å². The molecule has 6 nitrogen and oxygen atoms in total. The van der Waals surface area contributed by atoms with E-state index in [0.717, 1.165) is 61.7 Å². The zero-order chi connectivity index (χ0) is 17.9. The van der Waals surface area contributed by atoms with Gasteiger partial charge in [-0.25, -0.2) is 0 Å². The molecule has 2 fully saturated rings. The van der Waals surface area contributed by atoms with Crippen LogP contribution >= 0.6 is 11.6 Å². The van der Waals surface area contributed by atoms with Crippen molar-refractivity contribution in [3.8, 4) is 5.75 Å². The van der Waals surface area contributed by atoms with Crippen molar-refractivity contribution in [2.45, 2.75) is 19.4 Å². The minimum atomic E-state index is 0.216. The van der Waals surface area contributed by atoms with Gasteiger partial charge >= 0.3 is 0 Å². The maximum atomic E-state index is 6.16. The van der Waals surface area contributed by atoms with Crippen LogP contribution in [0.3, 0.4) is 0 Å². The van der Waals surface area contributed by atoms with Gasteiger partial charge in [-0.05, 0) is 24.6 Å². The lowest BCUT2D eigenvalue weighted by Gasteiger charge is -2.38. The number of ether oxygens (including phenoxy) is 2. The molecule has 3 rings (SSSR count). The summed E-state index contributed by atoms with van der Waals surface area (Å²) in [7, 11) is 3.50. The van der Waals surface area contributed by atoms with Crippen molar-refractivity contribution < 1.29 is 9.47 Å². The SMILES string of the molecule is CN=C(NCC1(C)COC1)NC1CCN(c2cc(Cl)ccc2OC)C1. The normalized spacial score (nSPS) is 22.5. The number of methoxy groups -OCH3 is 1. The summed E-state index contributed by atoms with van der Waals surface area (Å²) in [6, 6.07) is 6.07. The Balaban J connectivity index is 1.56. The molecule has 138 valence electrons. The standard InChI is InChI=1S/C18H27ClN4O2/c1-18(11-25-12-18)10-21-17(20-2)22-14-6-7-23(9-14)15-8-13(19)4-5-16(15)24-3/h4-5,8,14H,6-7,9-12H2,1-3H3,(H2,20,21,22). The number of rotatable bonds is 5. The van der Waals surface area contributed by atoms with E-state index in [1.807, 2.05) is 25.2 Å². The number of nitrogens with one attached hydrogen (secondary N) is 2. The fraction of sp³-hybridized carbons (Fsp3) is 0.611. The average molecular weight is 367 g/mol. The van der Waals surface area contributed by atoms with Gasteiger partial charge in [-0.2, -0.15) is 0 Å². The second-order valence-corrected chi connectivity index (χ2v) is 7.56. The molecule has 0 aromatic heterocycles. The third-order valence-electron chi connectivity index (χ3n) is 4.82. The van der Waals surface area contributed by atoms with Gasteiger partial charge in [0.15, 0.2) is 5.96 Å². The predicted octanol–water partition coefficient (Wildman–Crippen LogP) is 2.13. The number of guanidine groups is 1. The van der Waals surface area contributed by atoms with Crippen LogP contribution in [0.5, 0.6) is 5.75 Å². The lowest BCUT2D eigenvalue weighted by molar-refractivity contribution is -0.0971. The van der Waals surface area contributed by atoms with E-state index in [9.17, 15) is 0 Å². The molecule has 1 aromatic carbocycles. The van der Waals surface area contributed by atoms with Crippen molar-refractivity contribution >= 4 is 23.2 Å². The maximum Gasteiger partial charge on any atom is 0.191 e. The monoisotopic (exact) mass is 366 g/mol. The molecule has 0 radical (unpaired) electrons. The Bertz CT molecular complexity index is 634. The minimum Gasteiger partial charge on any atom is -0.495 e. The molecule has 0 saturated carbocycles. The molecule has 2 aliphatic heterocycles. The van der Waals surface area contributed by atoms with Gasteiger partial charge in [0.05, 0.1) is 26.0 Å². The molecule has 1 unspecified atom stereocenters. The second-order valence-electron chi connectivity index (χ2n) is 7.12. The van der Waals surface area contributed by atoms with Crippen LogP contribution in [0.1, 0.15) is 13.3 Å². The Kier molecular flexibility index (Phi) is 5.59. The zero-order valence-corrected chi connectivity index (χ0v) is 15.9. The predicted molar refractivity (Wildman–Crippen MR) is 102 cm³/mol. The highest BCUT2D eigenvalue weighted by Crippen LogP contribution is 2.33. The van der Waals surface area contributed by atoms with Crippen LogP contribution in [-0.2, 0) is 4.74 Å². The van der Waals surface area contributed by atoms with Crippen LogP contribution < -0.4 is 20.3 Å². The van der Waals surface area contributed by atoms with Crippen molar-refractivity contribution in [1.29, 1.82) is 0 Å². The second kappa shape index (κ2) is 7.70. The van der Waals surface area contributed by atoms with Crippen molar-refractivity contribution in [2.75, 3.05) is 51.9 Å². The lowest BCUT2D eigenvalue weighted by atomic mass is 9.89. The number of hydrogen-bond acceptors (Lipinski definition) is 4. The van der Waals surface area contributed by atoms with Crippen LogP contribution in [0.25, 0.3) is 0 Å². The van der Waals surface area contributed by atoms with Gasteiger partial charge in [-0.15, -0.1) is 0 Å². The molecule has 25 heavy (non-hydrogen) atoms. The summed E-state index contributed by atoms with van der Waals surface area (Å²) in [6.45, 7) is 6.55. The molecule has 2 N–H and O–H groups in total. The van der Waals surface area contributed by atoms with Crippen molar-refractivity contribution in [3.63, 3.8) is 0 Å². The van der Waals surface area contributed by atoms with E-state index in [1.165, 1.54) is 0 Å². The summed E-state index contributed by atoms with van der Waals surface area (Å²) in [5.74, 6) is 1.70. The minimum absolute atomic E-state index is 0.216. The van der Waals surface area contributed by atoms with Gasteiger partial charge in [-0.3, -0.25) is 4.99 Å². The fourth-order valence-electron chi connectivity index (χ4n) is 3.24. The van der Waals surface area contributed by atoms with Crippen molar-refractivity contribution in [1.82, 2.24) is 10.6 Å². The number of nitrogens with zero attached hydrogens (tertiary/aromatic N) is 2. The van der Waals surface area contributed by atoms with Gasteiger partial charge in [0.2, 0.25) is 0 Å². The van der Waals surface area contributed by atoms with Gasteiger partial charge in [0.1, 0.15) is 5.75 Å². The molecule has 2 heterocycles. The third kappa shape index (κ3) is 4.30. The molecule has 2 saturated heterocycles. The van der Waals surface area contributed by atoms with Gasteiger partial charge in [0.25, 0.3) is 0 Å². The van der Waals surface area contributed by atoms with E-state index in [2.05, 4.69) is 27.4 Å². The number of aliphatic imine (C=N–C) groups is 1. The summed E-state index contributed by atoms with van der Waals surface area (Å²) in [4.78, 5) is 6.65. The van der Waals surface area contributed by atoms with Gasteiger partial charge in [0, 0.05) is 43.2 Å². The summed E-state index contributed by atoms with van der Waals surface area (Å²) in [6.07, 6.45) is 1.04. The molecule has 1 aromatic rings. The Morgan fingerprint density at radius 3 is 2.92 bits per heavy atom. The first-order chi connectivity index (χ1) is 12.0. The van der Waals surface area contributed by atoms with Crippen molar-refractivity contribution in [2.24, 2.45) is 10.4 Å². The van der Waals surface area contributed by atoms with Crippen LogP contribution in [0.4, 0.5) is 5.69 Å². The van der Waals surface area contributed by atoms with E-state index in [-0.39, 0.29) is 5.41 Å². The third-order valence-corrected chi connectivity index (χ3v) is 5.05. The van der Waals surface area contributed by atoms with E-state index in [0.29, 0.717) is 6.04 Å². The number of hydrogen-bond donors (Lipinski definition) is 2. The van der Waals surface area contributed by atoms with E-state index in [4.69, 9.17) is 21.1 Å². The summed E-state index contributed by atoms with van der Waals surface area (Å²) in [5, 5.41) is 7.66. The largest absolute Gasteiger partial charge is 0.495 e. The molecule has 7 heteroatoms. The molecule has 0 spiro atoms.